The zero-order chi connectivity index (χ0) is 15.8. The molecule has 0 spiro atoms. The molecule has 0 N–H and O–H groups in total. The SMILES string of the molecule is C=C1C2CC2C2C3CC=C4C=C(CC)CCC4C3CCC12CC. The Labute approximate surface area is 142 Å². The predicted molar refractivity (Wildman–Crippen MR) is 97.0 cm³/mol. The smallest absolute Gasteiger partial charge is 0.00565 e. The van der Waals surface area contributed by atoms with Crippen molar-refractivity contribution in [1.29, 1.82) is 0 Å². The van der Waals surface area contributed by atoms with Gasteiger partial charge in [0.1, 0.15) is 0 Å². The first-order valence-electron chi connectivity index (χ1n) is 10.3. The van der Waals surface area contributed by atoms with Crippen molar-refractivity contribution in [3.63, 3.8) is 0 Å². The fourth-order valence-electron chi connectivity index (χ4n) is 7.57. The van der Waals surface area contributed by atoms with Crippen molar-refractivity contribution in [2.45, 2.75) is 65.2 Å². The Hall–Kier alpha value is -0.780. The molecule has 3 saturated carbocycles. The first-order chi connectivity index (χ1) is 11.2. The van der Waals surface area contributed by atoms with Gasteiger partial charge >= 0.3 is 0 Å². The second-order valence-corrected chi connectivity index (χ2v) is 9.17. The van der Waals surface area contributed by atoms with E-state index in [1.165, 1.54) is 51.4 Å². The van der Waals surface area contributed by atoms with Gasteiger partial charge in [0.15, 0.2) is 0 Å². The van der Waals surface area contributed by atoms with Crippen molar-refractivity contribution in [3.05, 3.63) is 35.5 Å². The van der Waals surface area contributed by atoms with E-state index in [1.54, 1.807) is 16.7 Å². The van der Waals surface area contributed by atoms with E-state index < -0.39 is 0 Å². The third-order valence-electron chi connectivity index (χ3n) is 8.76. The van der Waals surface area contributed by atoms with Gasteiger partial charge in [0.25, 0.3) is 0 Å². The fraction of sp³-hybridized carbons (Fsp3) is 0.739. The highest BCUT2D eigenvalue weighted by molar-refractivity contribution is 5.37. The molecular weight excluding hydrogens is 276 g/mol. The summed E-state index contributed by atoms with van der Waals surface area (Å²) < 4.78 is 0. The molecule has 5 rings (SSSR count). The third kappa shape index (κ3) is 1.79. The summed E-state index contributed by atoms with van der Waals surface area (Å²) in [5, 5.41) is 0. The van der Waals surface area contributed by atoms with Gasteiger partial charge < -0.3 is 0 Å². The van der Waals surface area contributed by atoms with Gasteiger partial charge in [-0.05, 0) is 97.9 Å². The highest BCUT2D eigenvalue weighted by atomic mass is 14.7. The monoisotopic (exact) mass is 308 g/mol. The maximum Gasteiger partial charge on any atom is -0.00565 e. The molecule has 5 aliphatic rings. The quantitative estimate of drug-likeness (QED) is 0.524. The van der Waals surface area contributed by atoms with E-state index in [2.05, 4.69) is 32.6 Å². The molecule has 0 radical (unpaired) electrons. The van der Waals surface area contributed by atoms with E-state index in [0.29, 0.717) is 5.41 Å². The molecule has 0 bridgehead atoms. The van der Waals surface area contributed by atoms with Crippen molar-refractivity contribution in [1.82, 2.24) is 0 Å². The molecule has 0 heteroatoms. The molecule has 23 heavy (non-hydrogen) atoms. The van der Waals surface area contributed by atoms with E-state index >= 15 is 0 Å². The molecule has 0 aromatic heterocycles. The molecule has 0 heterocycles. The summed E-state index contributed by atoms with van der Waals surface area (Å²) >= 11 is 0. The van der Waals surface area contributed by atoms with Gasteiger partial charge in [0.2, 0.25) is 0 Å². The highest BCUT2D eigenvalue weighted by Gasteiger charge is 2.66. The second kappa shape index (κ2) is 4.87. The lowest BCUT2D eigenvalue weighted by Gasteiger charge is -2.54. The molecule has 0 aromatic rings. The van der Waals surface area contributed by atoms with Crippen molar-refractivity contribution < 1.29 is 0 Å². The lowest BCUT2D eigenvalue weighted by Crippen LogP contribution is -2.46. The average molecular weight is 309 g/mol. The highest BCUT2D eigenvalue weighted by Crippen LogP contribution is 2.74. The minimum Gasteiger partial charge on any atom is -0.0990 e. The van der Waals surface area contributed by atoms with E-state index in [-0.39, 0.29) is 0 Å². The van der Waals surface area contributed by atoms with Crippen LogP contribution in [0.15, 0.2) is 35.5 Å². The summed E-state index contributed by atoms with van der Waals surface area (Å²) in [6, 6.07) is 0. The van der Waals surface area contributed by atoms with Gasteiger partial charge in [-0.25, -0.2) is 0 Å². The summed E-state index contributed by atoms with van der Waals surface area (Å²) in [5.74, 6) is 5.78. The van der Waals surface area contributed by atoms with Crippen molar-refractivity contribution in [3.8, 4) is 0 Å². The Balaban J connectivity index is 1.50. The van der Waals surface area contributed by atoms with Gasteiger partial charge in [0.05, 0.1) is 0 Å². The van der Waals surface area contributed by atoms with E-state index in [9.17, 15) is 0 Å². The number of hydrogen-bond donors (Lipinski definition) is 0. The minimum absolute atomic E-state index is 0.541. The van der Waals surface area contributed by atoms with Gasteiger partial charge in [-0.1, -0.05) is 43.7 Å². The zero-order valence-electron chi connectivity index (χ0n) is 15.0. The third-order valence-corrected chi connectivity index (χ3v) is 8.76. The van der Waals surface area contributed by atoms with Crippen LogP contribution in [-0.2, 0) is 0 Å². The normalized spacial score (nSPS) is 50.3. The molecule has 0 aliphatic heterocycles. The minimum atomic E-state index is 0.541. The maximum absolute atomic E-state index is 4.62. The molecule has 0 amide bonds. The molecule has 124 valence electrons. The zero-order valence-corrected chi connectivity index (χ0v) is 15.0. The maximum atomic E-state index is 4.62. The largest absolute Gasteiger partial charge is 0.0990 e. The Morgan fingerprint density at radius 3 is 2.78 bits per heavy atom. The Morgan fingerprint density at radius 2 is 2.00 bits per heavy atom. The fourth-order valence-corrected chi connectivity index (χ4v) is 7.57. The summed E-state index contributed by atoms with van der Waals surface area (Å²) in [6.07, 6.45) is 16.4. The number of fused-ring (bicyclic) bond motifs is 7. The second-order valence-electron chi connectivity index (χ2n) is 9.17. The van der Waals surface area contributed by atoms with Crippen LogP contribution < -0.4 is 0 Å². The molecule has 0 aromatic carbocycles. The van der Waals surface area contributed by atoms with Crippen molar-refractivity contribution in [2.75, 3.05) is 0 Å². The standard InChI is InChI=1S/C23H32/c1-4-15-6-8-17-16(12-15)7-9-19-18(17)10-11-23(5-2)14(3)20-13-21(20)22(19)23/h7,12,17-22H,3-6,8-11,13H2,1-2H3. The molecule has 3 fully saturated rings. The summed E-state index contributed by atoms with van der Waals surface area (Å²) in [5.41, 5.74) is 5.64. The van der Waals surface area contributed by atoms with Crippen LogP contribution in [0.2, 0.25) is 0 Å². The molecule has 5 aliphatic carbocycles. The molecule has 7 atom stereocenters. The van der Waals surface area contributed by atoms with Gasteiger partial charge in [-0.3, -0.25) is 0 Å². The van der Waals surface area contributed by atoms with Crippen molar-refractivity contribution >= 4 is 0 Å². The average Bonchev–Trinajstić information content (AvgIpc) is 3.34. The van der Waals surface area contributed by atoms with Crippen LogP contribution in [0.1, 0.15) is 65.2 Å². The lowest BCUT2D eigenvalue weighted by molar-refractivity contribution is 0.00285. The van der Waals surface area contributed by atoms with Crippen LogP contribution in [0.3, 0.4) is 0 Å². The topological polar surface area (TPSA) is 0 Å². The van der Waals surface area contributed by atoms with Gasteiger partial charge in [0, 0.05) is 0 Å². The van der Waals surface area contributed by atoms with Crippen LogP contribution in [0.4, 0.5) is 0 Å². The molecule has 7 unspecified atom stereocenters. The van der Waals surface area contributed by atoms with E-state index in [0.717, 1.165) is 35.5 Å². The summed E-state index contributed by atoms with van der Waals surface area (Å²) in [6.45, 7) is 9.39. The Morgan fingerprint density at radius 1 is 1.13 bits per heavy atom. The number of allylic oxidation sites excluding steroid dienone is 5. The molecular formula is C23H32. The Kier molecular flexibility index (Phi) is 3.08. The summed E-state index contributed by atoms with van der Waals surface area (Å²) in [4.78, 5) is 0. The van der Waals surface area contributed by atoms with Gasteiger partial charge in [-0.15, -0.1) is 0 Å². The predicted octanol–water partition coefficient (Wildman–Crippen LogP) is 6.31. The molecule has 0 nitrogen and oxygen atoms in total. The van der Waals surface area contributed by atoms with E-state index in [1.807, 2.05) is 0 Å². The van der Waals surface area contributed by atoms with Crippen LogP contribution >= 0.6 is 0 Å². The van der Waals surface area contributed by atoms with E-state index in [4.69, 9.17) is 0 Å². The van der Waals surface area contributed by atoms with Crippen LogP contribution in [-0.4, -0.2) is 0 Å². The van der Waals surface area contributed by atoms with Crippen molar-refractivity contribution in [2.24, 2.45) is 40.9 Å². The number of rotatable bonds is 2. The Bertz CT molecular complexity index is 606. The van der Waals surface area contributed by atoms with Gasteiger partial charge in [-0.2, -0.15) is 0 Å². The molecule has 0 saturated heterocycles. The van der Waals surface area contributed by atoms with Crippen LogP contribution in [0, 0.1) is 40.9 Å². The first-order valence-corrected chi connectivity index (χ1v) is 10.3. The number of hydrogen-bond acceptors (Lipinski definition) is 0. The first kappa shape index (κ1) is 14.6. The van der Waals surface area contributed by atoms with Crippen LogP contribution in [0.5, 0.6) is 0 Å². The lowest BCUT2D eigenvalue weighted by atomic mass is 9.50. The van der Waals surface area contributed by atoms with Crippen LogP contribution in [0.25, 0.3) is 0 Å². The summed E-state index contributed by atoms with van der Waals surface area (Å²) in [7, 11) is 0.